The molecule has 1 N–H and O–H groups in total. The molecule has 1 aliphatic rings. The van der Waals surface area contributed by atoms with E-state index in [4.69, 9.17) is 0 Å². The summed E-state index contributed by atoms with van der Waals surface area (Å²) < 4.78 is 23.6. The molecule has 1 saturated heterocycles. The lowest BCUT2D eigenvalue weighted by Crippen LogP contribution is -2.31. The van der Waals surface area contributed by atoms with Crippen LogP contribution in [-0.2, 0) is 9.84 Å². The summed E-state index contributed by atoms with van der Waals surface area (Å²) in [4.78, 5) is 11.3. The van der Waals surface area contributed by atoms with Crippen LogP contribution < -0.4 is 5.32 Å². The summed E-state index contributed by atoms with van der Waals surface area (Å²) in [5, 5.41) is 4.21. The highest BCUT2D eigenvalue weighted by molar-refractivity contribution is 7.90. The van der Waals surface area contributed by atoms with E-state index in [-0.39, 0.29) is 4.90 Å². The zero-order chi connectivity index (χ0) is 16.6. The predicted molar refractivity (Wildman–Crippen MR) is 91.4 cm³/mol. The molecule has 1 fully saturated rings. The van der Waals surface area contributed by atoms with Crippen LogP contribution in [0.3, 0.4) is 0 Å². The molecule has 2 aromatic rings. The molecule has 6 nitrogen and oxygen atoms in total. The summed E-state index contributed by atoms with van der Waals surface area (Å²) >= 11 is 0. The van der Waals surface area contributed by atoms with Crippen LogP contribution >= 0.6 is 0 Å². The number of sulfone groups is 1. The van der Waals surface area contributed by atoms with Crippen LogP contribution in [0.1, 0.15) is 20.3 Å². The summed E-state index contributed by atoms with van der Waals surface area (Å²) in [6.07, 6.45) is 3.78. The highest BCUT2D eigenvalue weighted by Gasteiger charge is 2.24. The van der Waals surface area contributed by atoms with Gasteiger partial charge in [-0.15, -0.1) is 0 Å². The molecule has 0 radical (unpaired) electrons. The molecule has 1 aliphatic heterocycles. The van der Waals surface area contributed by atoms with Crippen LogP contribution in [0.4, 0.5) is 5.82 Å². The standard InChI is InChI=1S/C16H22N4O2S/c1-11(2)20-7-6-12(9-20)19-16-14-8-13(23(3,21)22)4-5-15(14)17-10-18-16/h4-5,8,10-12H,6-7,9H2,1-3H3,(H,17,18,19). The third-order valence-electron chi connectivity index (χ3n) is 4.33. The van der Waals surface area contributed by atoms with Crippen molar-refractivity contribution < 1.29 is 8.42 Å². The molecule has 1 atom stereocenters. The molecule has 0 saturated carbocycles. The zero-order valence-corrected chi connectivity index (χ0v) is 14.5. The highest BCUT2D eigenvalue weighted by Crippen LogP contribution is 2.25. The van der Waals surface area contributed by atoms with Gasteiger partial charge in [-0.3, -0.25) is 4.90 Å². The number of fused-ring (bicyclic) bond motifs is 1. The van der Waals surface area contributed by atoms with Crippen LogP contribution in [0.2, 0.25) is 0 Å². The fourth-order valence-corrected chi connectivity index (χ4v) is 3.60. The molecular formula is C16H22N4O2S. The van der Waals surface area contributed by atoms with Crippen molar-refractivity contribution in [1.29, 1.82) is 0 Å². The molecule has 23 heavy (non-hydrogen) atoms. The monoisotopic (exact) mass is 334 g/mol. The van der Waals surface area contributed by atoms with E-state index >= 15 is 0 Å². The maximum atomic E-state index is 11.8. The van der Waals surface area contributed by atoms with Crippen molar-refractivity contribution in [2.24, 2.45) is 0 Å². The Hall–Kier alpha value is -1.73. The third kappa shape index (κ3) is 3.45. The van der Waals surface area contributed by atoms with E-state index in [1.807, 2.05) is 0 Å². The number of hydrogen-bond donors (Lipinski definition) is 1. The average molecular weight is 334 g/mol. The van der Waals surface area contributed by atoms with Gasteiger partial charge in [0.15, 0.2) is 9.84 Å². The van der Waals surface area contributed by atoms with Crippen molar-refractivity contribution in [2.75, 3.05) is 24.7 Å². The summed E-state index contributed by atoms with van der Waals surface area (Å²) in [7, 11) is -3.25. The van der Waals surface area contributed by atoms with Gasteiger partial charge in [0.05, 0.1) is 10.4 Å². The molecular weight excluding hydrogens is 312 g/mol. The van der Waals surface area contributed by atoms with E-state index < -0.39 is 9.84 Å². The minimum Gasteiger partial charge on any atom is -0.365 e. The number of aromatic nitrogens is 2. The highest BCUT2D eigenvalue weighted by atomic mass is 32.2. The Bertz CT molecular complexity index is 820. The maximum Gasteiger partial charge on any atom is 0.175 e. The minimum atomic E-state index is -3.25. The van der Waals surface area contributed by atoms with Crippen molar-refractivity contribution >= 4 is 26.6 Å². The molecule has 0 bridgehead atoms. The number of nitrogens with one attached hydrogen (secondary N) is 1. The Morgan fingerprint density at radius 3 is 2.74 bits per heavy atom. The third-order valence-corrected chi connectivity index (χ3v) is 5.44. The molecule has 1 aromatic heterocycles. The van der Waals surface area contributed by atoms with Crippen LogP contribution in [-0.4, -0.2) is 54.7 Å². The Kier molecular flexibility index (Phi) is 4.25. The van der Waals surface area contributed by atoms with Crippen molar-refractivity contribution in [3.05, 3.63) is 24.5 Å². The van der Waals surface area contributed by atoms with Crippen molar-refractivity contribution in [3.63, 3.8) is 0 Å². The van der Waals surface area contributed by atoms with Crippen LogP contribution in [0, 0.1) is 0 Å². The van der Waals surface area contributed by atoms with Gasteiger partial charge in [0, 0.05) is 36.8 Å². The van der Waals surface area contributed by atoms with Gasteiger partial charge < -0.3 is 5.32 Å². The van der Waals surface area contributed by atoms with Crippen LogP contribution in [0.15, 0.2) is 29.4 Å². The van der Waals surface area contributed by atoms with E-state index in [0.717, 1.165) is 30.4 Å². The largest absolute Gasteiger partial charge is 0.365 e. The molecule has 1 unspecified atom stereocenters. The molecule has 2 heterocycles. The maximum absolute atomic E-state index is 11.8. The molecule has 7 heteroatoms. The number of hydrogen-bond acceptors (Lipinski definition) is 6. The Morgan fingerprint density at radius 1 is 1.30 bits per heavy atom. The lowest BCUT2D eigenvalue weighted by molar-refractivity contribution is 0.274. The summed E-state index contributed by atoms with van der Waals surface area (Å²) in [5.74, 6) is 0.705. The molecule has 3 rings (SSSR count). The molecule has 0 spiro atoms. The van der Waals surface area contributed by atoms with E-state index in [0.29, 0.717) is 17.9 Å². The fraction of sp³-hybridized carbons (Fsp3) is 0.500. The number of nitrogens with zero attached hydrogens (tertiary/aromatic N) is 3. The second-order valence-electron chi connectivity index (χ2n) is 6.39. The first-order valence-electron chi connectivity index (χ1n) is 7.80. The molecule has 124 valence electrons. The van der Waals surface area contributed by atoms with E-state index in [9.17, 15) is 8.42 Å². The molecule has 0 aliphatic carbocycles. The van der Waals surface area contributed by atoms with Crippen molar-refractivity contribution in [2.45, 2.75) is 37.2 Å². The molecule has 1 aromatic carbocycles. The van der Waals surface area contributed by atoms with Gasteiger partial charge in [-0.1, -0.05) is 0 Å². The Balaban J connectivity index is 1.92. The van der Waals surface area contributed by atoms with E-state index in [2.05, 4.69) is 34.0 Å². The van der Waals surface area contributed by atoms with Gasteiger partial charge in [0.1, 0.15) is 12.1 Å². The van der Waals surface area contributed by atoms with Gasteiger partial charge in [-0.25, -0.2) is 18.4 Å². The zero-order valence-electron chi connectivity index (χ0n) is 13.7. The summed E-state index contributed by atoms with van der Waals surface area (Å²) in [5.41, 5.74) is 0.744. The van der Waals surface area contributed by atoms with Crippen molar-refractivity contribution in [1.82, 2.24) is 14.9 Å². The van der Waals surface area contributed by atoms with E-state index in [1.165, 1.54) is 12.6 Å². The lowest BCUT2D eigenvalue weighted by atomic mass is 10.2. The van der Waals surface area contributed by atoms with Gasteiger partial charge in [-0.2, -0.15) is 0 Å². The predicted octanol–water partition coefficient (Wildman–Crippen LogP) is 1.93. The van der Waals surface area contributed by atoms with Gasteiger partial charge in [-0.05, 0) is 38.5 Å². The average Bonchev–Trinajstić information content (AvgIpc) is 2.95. The van der Waals surface area contributed by atoms with Gasteiger partial charge in [0.2, 0.25) is 0 Å². The second-order valence-corrected chi connectivity index (χ2v) is 8.41. The lowest BCUT2D eigenvalue weighted by Gasteiger charge is -2.21. The minimum absolute atomic E-state index is 0.290. The number of likely N-dealkylation sites (tertiary alicyclic amines) is 1. The number of benzene rings is 1. The summed E-state index contributed by atoms with van der Waals surface area (Å²) in [6.45, 7) is 6.42. The number of anilines is 1. The molecule has 0 amide bonds. The Labute approximate surface area is 136 Å². The van der Waals surface area contributed by atoms with Crippen LogP contribution in [0.25, 0.3) is 10.9 Å². The smallest absolute Gasteiger partial charge is 0.175 e. The summed E-state index contributed by atoms with van der Waals surface area (Å²) in [6, 6.07) is 5.82. The van der Waals surface area contributed by atoms with Gasteiger partial charge in [0.25, 0.3) is 0 Å². The Morgan fingerprint density at radius 2 is 2.09 bits per heavy atom. The second kappa shape index (κ2) is 6.05. The fourth-order valence-electron chi connectivity index (χ4n) is 2.95. The SMILES string of the molecule is CC(C)N1CCC(Nc2ncnc3ccc(S(C)(=O)=O)cc23)C1. The first kappa shape index (κ1) is 16.1. The van der Waals surface area contributed by atoms with Crippen LogP contribution in [0.5, 0.6) is 0 Å². The van der Waals surface area contributed by atoms with Crippen molar-refractivity contribution in [3.8, 4) is 0 Å². The van der Waals surface area contributed by atoms with Gasteiger partial charge >= 0.3 is 0 Å². The topological polar surface area (TPSA) is 75.2 Å². The number of rotatable bonds is 4. The first-order valence-corrected chi connectivity index (χ1v) is 9.69. The quantitative estimate of drug-likeness (QED) is 0.921. The van der Waals surface area contributed by atoms with E-state index in [1.54, 1.807) is 18.2 Å². The normalized spacial score (nSPS) is 19.6. The first-order chi connectivity index (χ1) is 10.8.